The highest BCUT2D eigenvalue weighted by atomic mass is 16.5. The molecule has 0 radical (unpaired) electrons. The van der Waals surface area contributed by atoms with Crippen molar-refractivity contribution in [2.45, 2.75) is 33.1 Å². The van der Waals surface area contributed by atoms with Gasteiger partial charge in [0.2, 0.25) is 0 Å². The highest BCUT2D eigenvalue weighted by Gasteiger charge is 2.12. The Hall–Kier alpha value is -3.61. The third-order valence-corrected chi connectivity index (χ3v) is 5.00. The summed E-state index contributed by atoms with van der Waals surface area (Å²) < 4.78 is 6.52. The zero-order valence-corrected chi connectivity index (χ0v) is 17.1. The van der Waals surface area contributed by atoms with E-state index in [1.807, 2.05) is 49.4 Å². The number of ether oxygens (including phenoxy) is 1. The van der Waals surface area contributed by atoms with Gasteiger partial charge in [-0.15, -0.1) is 4.68 Å². The van der Waals surface area contributed by atoms with E-state index >= 15 is 0 Å². The van der Waals surface area contributed by atoms with Crippen LogP contribution < -0.4 is 16.0 Å². The van der Waals surface area contributed by atoms with Gasteiger partial charge in [0.15, 0.2) is 0 Å². The van der Waals surface area contributed by atoms with Crippen molar-refractivity contribution < 1.29 is 4.74 Å². The molecule has 2 aromatic carbocycles. The summed E-state index contributed by atoms with van der Waals surface area (Å²) in [7, 11) is 0. The fourth-order valence-electron chi connectivity index (χ4n) is 3.38. The molecule has 0 bridgehead atoms. The summed E-state index contributed by atoms with van der Waals surface area (Å²) in [5.74, 6) is 0.785. The fourth-order valence-corrected chi connectivity index (χ4v) is 3.38. The summed E-state index contributed by atoms with van der Waals surface area (Å²) in [4.78, 5) is 31.2. The molecule has 4 rings (SSSR count). The lowest BCUT2D eigenvalue weighted by atomic mass is 10.2. The number of hydrogen-bond acceptors (Lipinski definition) is 4. The van der Waals surface area contributed by atoms with E-state index in [4.69, 9.17) is 4.74 Å². The van der Waals surface area contributed by atoms with E-state index in [1.54, 1.807) is 0 Å². The van der Waals surface area contributed by atoms with Gasteiger partial charge in [0.1, 0.15) is 11.3 Å². The van der Waals surface area contributed by atoms with Crippen molar-refractivity contribution in [2.24, 2.45) is 5.10 Å². The van der Waals surface area contributed by atoms with Crippen LogP contribution in [0.3, 0.4) is 0 Å². The molecule has 0 atom stereocenters. The molecular formula is C23H24N4O3. The second-order valence-electron chi connectivity index (χ2n) is 7.34. The first-order valence-electron chi connectivity index (χ1n) is 10.1. The van der Waals surface area contributed by atoms with Gasteiger partial charge in [-0.1, -0.05) is 31.4 Å². The quantitative estimate of drug-likeness (QED) is 0.361. The summed E-state index contributed by atoms with van der Waals surface area (Å²) in [5.41, 5.74) is 2.35. The lowest BCUT2D eigenvalue weighted by molar-refractivity contribution is 0.306. The van der Waals surface area contributed by atoms with Crippen LogP contribution in [0.4, 0.5) is 0 Å². The molecule has 4 aromatic rings. The number of nitrogens with one attached hydrogen (secondary N) is 2. The molecule has 154 valence electrons. The number of aromatic amines is 2. The van der Waals surface area contributed by atoms with Gasteiger partial charge in [-0.2, -0.15) is 5.10 Å². The Kier molecular flexibility index (Phi) is 5.52. The molecule has 0 aliphatic rings. The number of H-pyrrole nitrogens is 2. The van der Waals surface area contributed by atoms with Crippen LogP contribution in [-0.2, 0) is 0 Å². The Morgan fingerprint density at radius 1 is 1.03 bits per heavy atom. The molecule has 2 aromatic heterocycles. The molecular weight excluding hydrogens is 380 g/mol. The molecule has 7 nitrogen and oxygen atoms in total. The predicted molar refractivity (Wildman–Crippen MR) is 120 cm³/mol. The molecule has 0 spiro atoms. The molecule has 0 saturated heterocycles. The SMILES string of the molecule is CCCCCOc1ccc(/C=N\n2c(=O)[nH]c3c([nH]c4ccc(C)cc43)c2=O)cc1. The topological polar surface area (TPSA) is 92.2 Å². The van der Waals surface area contributed by atoms with Gasteiger partial charge in [0.25, 0.3) is 0 Å². The van der Waals surface area contributed by atoms with Crippen molar-refractivity contribution in [1.29, 1.82) is 0 Å². The average Bonchev–Trinajstić information content (AvgIpc) is 3.10. The largest absolute Gasteiger partial charge is 0.494 e. The molecule has 7 heteroatoms. The number of hydrogen-bond donors (Lipinski definition) is 2. The molecule has 30 heavy (non-hydrogen) atoms. The van der Waals surface area contributed by atoms with E-state index < -0.39 is 11.2 Å². The third kappa shape index (κ3) is 3.91. The molecule has 0 saturated carbocycles. The van der Waals surface area contributed by atoms with E-state index in [9.17, 15) is 9.59 Å². The standard InChI is InChI=1S/C23H24N4O3/c1-3-4-5-12-30-17-9-7-16(8-10-17)14-24-27-22(28)21-20(26-23(27)29)18-13-15(2)6-11-19(18)25-21/h6-11,13-14,25H,3-5,12H2,1-2H3,(H,26,29)/b24-14-. The molecule has 2 N–H and O–H groups in total. The normalized spacial score (nSPS) is 11.7. The first-order chi connectivity index (χ1) is 14.6. The Balaban J connectivity index is 1.60. The van der Waals surface area contributed by atoms with Crippen molar-refractivity contribution >= 4 is 28.2 Å². The van der Waals surface area contributed by atoms with Crippen molar-refractivity contribution in [3.8, 4) is 5.75 Å². The van der Waals surface area contributed by atoms with Gasteiger partial charge in [-0.3, -0.25) is 4.79 Å². The van der Waals surface area contributed by atoms with Crippen molar-refractivity contribution in [3.05, 3.63) is 74.4 Å². The minimum atomic E-state index is -0.581. The summed E-state index contributed by atoms with van der Waals surface area (Å²) >= 11 is 0. The first-order valence-corrected chi connectivity index (χ1v) is 10.1. The highest BCUT2D eigenvalue weighted by molar-refractivity contribution is 6.04. The van der Waals surface area contributed by atoms with E-state index in [0.29, 0.717) is 17.6 Å². The number of nitrogens with zero attached hydrogens (tertiary/aromatic N) is 2. The lowest BCUT2D eigenvalue weighted by Crippen LogP contribution is -2.32. The third-order valence-electron chi connectivity index (χ3n) is 5.00. The van der Waals surface area contributed by atoms with Crippen LogP contribution in [0.15, 0.2) is 57.2 Å². The van der Waals surface area contributed by atoms with Crippen molar-refractivity contribution in [2.75, 3.05) is 6.61 Å². The smallest absolute Gasteiger partial charge is 0.350 e. The maximum atomic E-state index is 12.8. The van der Waals surface area contributed by atoms with E-state index in [0.717, 1.165) is 51.7 Å². The van der Waals surface area contributed by atoms with Crippen LogP contribution in [0.25, 0.3) is 21.9 Å². The van der Waals surface area contributed by atoms with Gasteiger partial charge in [-0.25, -0.2) is 4.79 Å². The van der Waals surface area contributed by atoms with Crippen LogP contribution in [0.1, 0.15) is 37.3 Å². The number of fused-ring (bicyclic) bond motifs is 3. The maximum absolute atomic E-state index is 12.8. The van der Waals surface area contributed by atoms with Gasteiger partial charge < -0.3 is 14.7 Å². The zero-order valence-electron chi connectivity index (χ0n) is 17.1. The number of aryl methyl sites for hydroxylation is 1. The molecule has 0 amide bonds. The number of unbranched alkanes of at least 4 members (excludes halogenated alkanes) is 2. The molecule has 0 unspecified atom stereocenters. The van der Waals surface area contributed by atoms with Crippen LogP contribution in [-0.4, -0.2) is 27.5 Å². The number of rotatable bonds is 7. The molecule has 0 aliphatic heterocycles. The monoisotopic (exact) mass is 404 g/mol. The van der Waals surface area contributed by atoms with Gasteiger partial charge in [-0.05, 0) is 55.3 Å². The average molecular weight is 404 g/mol. The second-order valence-corrected chi connectivity index (χ2v) is 7.34. The minimum absolute atomic E-state index is 0.322. The van der Waals surface area contributed by atoms with Crippen LogP contribution in [0.5, 0.6) is 5.75 Å². The lowest BCUT2D eigenvalue weighted by Gasteiger charge is -2.05. The molecule has 2 heterocycles. The second kappa shape index (κ2) is 8.41. The van der Waals surface area contributed by atoms with Gasteiger partial charge in [0, 0.05) is 10.9 Å². The van der Waals surface area contributed by atoms with Crippen molar-refractivity contribution in [3.63, 3.8) is 0 Å². The predicted octanol–water partition coefficient (Wildman–Crippen LogP) is 3.93. The van der Waals surface area contributed by atoms with Crippen molar-refractivity contribution in [1.82, 2.24) is 14.6 Å². The number of benzene rings is 2. The van der Waals surface area contributed by atoms with E-state index in [1.165, 1.54) is 6.21 Å². The summed E-state index contributed by atoms with van der Waals surface area (Å²) in [6, 6.07) is 13.1. The Morgan fingerprint density at radius 3 is 2.60 bits per heavy atom. The van der Waals surface area contributed by atoms with Crippen LogP contribution in [0, 0.1) is 6.92 Å². The van der Waals surface area contributed by atoms with Gasteiger partial charge in [0.05, 0.1) is 18.3 Å². The minimum Gasteiger partial charge on any atom is -0.494 e. The first kappa shape index (κ1) is 19.7. The van der Waals surface area contributed by atoms with E-state index in [-0.39, 0.29) is 0 Å². The summed E-state index contributed by atoms with van der Waals surface area (Å²) in [6.45, 7) is 4.81. The summed E-state index contributed by atoms with van der Waals surface area (Å²) in [6.07, 6.45) is 4.81. The fraction of sp³-hybridized carbons (Fsp3) is 0.261. The molecule has 0 aliphatic carbocycles. The van der Waals surface area contributed by atoms with E-state index in [2.05, 4.69) is 22.0 Å². The van der Waals surface area contributed by atoms with Gasteiger partial charge >= 0.3 is 11.2 Å². The Morgan fingerprint density at radius 2 is 1.83 bits per heavy atom. The zero-order chi connectivity index (χ0) is 21.1. The van der Waals surface area contributed by atoms with Crippen LogP contribution >= 0.6 is 0 Å². The Bertz CT molecular complexity index is 1330. The van der Waals surface area contributed by atoms with Crippen LogP contribution in [0.2, 0.25) is 0 Å². The number of aromatic nitrogens is 3. The molecule has 0 fully saturated rings. The maximum Gasteiger partial charge on any atom is 0.350 e. The summed E-state index contributed by atoms with van der Waals surface area (Å²) in [5, 5.41) is 4.91. The highest BCUT2D eigenvalue weighted by Crippen LogP contribution is 2.21. The Labute approximate surface area is 173 Å².